The molecule has 2 rings (SSSR count). The van der Waals surface area contributed by atoms with Gasteiger partial charge < -0.3 is 20.6 Å². The van der Waals surface area contributed by atoms with Crippen molar-refractivity contribution in [3.05, 3.63) is 72.1 Å². The number of carboxylic acids is 3. The van der Waals surface area contributed by atoms with E-state index >= 15 is 0 Å². The fourth-order valence-corrected chi connectivity index (χ4v) is 5.41. The summed E-state index contributed by atoms with van der Waals surface area (Å²) in [6.45, 7) is 2.15. The van der Waals surface area contributed by atoms with Gasteiger partial charge in [0.25, 0.3) is 0 Å². The van der Waals surface area contributed by atoms with E-state index in [2.05, 4.69) is 12.2 Å². The summed E-state index contributed by atoms with van der Waals surface area (Å²) < 4.78 is 14.2. The lowest BCUT2D eigenvalue weighted by Crippen LogP contribution is -2.47. The minimum Gasteiger partial charge on any atom is -0.481 e. The molecule has 0 heterocycles. The molecule has 4 N–H and O–H groups in total. The molecule has 0 radical (unpaired) electrons. The van der Waals surface area contributed by atoms with Gasteiger partial charge in [-0.15, -0.1) is 0 Å². The number of aliphatic carboxylic acids is 3. The lowest BCUT2D eigenvalue weighted by Gasteiger charge is -2.22. The minimum absolute atomic E-state index is 0.132. The average Bonchev–Trinajstić information content (AvgIpc) is 3.03. The van der Waals surface area contributed by atoms with Gasteiger partial charge in [0.1, 0.15) is 17.6 Å². The second-order valence-electron chi connectivity index (χ2n) is 11.9. The van der Waals surface area contributed by atoms with E-state index in [0.29, 0.717) is 36.0 Å². The van der Waals surface area contributed by atoms with Gasteiger partial charge in [-0.2, -0.15) is 0 Å². The minimum atomic E-state index is -1.61. The first-order valence-corrected chi connectivity index (χ1v) is 16.5. The Bertz CT molecular complexity index is 1340. The van der Waals surface area contributed by atoms with Gasteiger partial charge in [0.05, 0.1) is 18.3 Å². The molecule has 0 aliphatic rings. The number of nitrogens with one attached hydrogen (secondary N) is 1. The van der Waals surface area contributed by atoms with Crippen molar-refractivity contribution in [1.29, 1.82) is 0 Å². The Kier molecular flexibility index (Phi) is 17.7. The van der Waals surface area contributed by atoms with Crippen LogP contribution < -0.4 is 5.32 Å². The van der Waals surface area contributed by atoms with E-state index in [1.807, 2.05) is 0 Å². The molecule has 0 aliphatic heterocycles. The summed E-state index contributed by atoms with van der Waals surface area (Å²) in [7, 11) is 0. The van der Waals surface area contributed by atoms with E-state index < -0.39 is 53.9 Å². The second kappa shape index (κ2) is 21.5. The van der Waals surface area contributed by atoms with Gasteiger partial charge in [-0.1, -0.05) is 100 Å². The number of allylic oxidation sites excluding steroid dienone is 1. The number of unbranched alkanes of at least 4 members (excludes halogenated alkanes) is 8. The number of halogens is 1. The second-order valence-corrected chi connectivity index (χ2v) is 11.9. The highest BCUT2D eigenvalue weighted by atomic mass is 19.1. The zero-order chi connectivity index (χ0) is 34.6. The standard InChI is InChI=1S/C37H48FNO8/c1-2-3-4-7-10-15-28(40)16-11-8-5-6-9-12-18-30(31(36(44)45)25-34(41)42)35(43)39-33(37(46)47)24-26-20-22-27(23-21-26)29-17-13-14-19-32(29)38/h12-14,17-23,30-31,33H,2-11,15-16,24-25H2,1H3,(H,39,43)(H,41,42)(H,44,45)(H,46,47)/b18-12+/t30-,31+,33-/m0/s1. The summed E-state index contributed by atoms with van der Waals surface area (Å²) in [5.74, 6) is -8.27. The lowest BCUT2D eigenvalue weighted by molar-refractivity contribution is -0.152. The normalized spacial score (nSPS) is 13.1. The molecule has 9 nitrogen and oxygen atoms in total. The van der Waals surface area contributed by atoms with Gasteiger partial charge in [0, 0.05) is 24.8 Å². The van der Waals surface area contributed by atoms with Crippen LogP contribution >= 0.6 is 0 Å². The summed E-state index contributed by atoms with van der Waals surface area (Å²) in [5.41, 5.74) is 1.51. The molecule has 1 amide bonds. The maximum Gasteiger partial charge on any atom is 0.326 e. The summed E-state index contributed by atoms with van der Waals surface area (Å²) in [5, 5.41) is 31.3. The van der Waals surface area contributed by atoms with E-state index in [9.17, 15) is 43.7 Å². The van der Waals surface area contributed by atoms with E-state index in [0.717, 1.165) is 44.9 Å². The number of carbonyl (C=O) groups excluding carboxylic acids is 2. The maximum atomic E-state index is 14.2. The number of rotatable bonds is 24. The van der Waals surface area contributed by atoms with Crippen molar-refractivity contribution in [3.8, 4) is 11.1 Å². The van der Waals surface area contributed by atoms with Crippen molar-refractivity contribution >= 4 is 29.6 Å². The third-order valence-corrected chi connectivity index (χ3v) is 8.12. The number of benzene rings is 2. The van der Waals surface area contributed by atoms with Crippen LogP contribution in [0.5, 0.6) is 0 Å². The number of carboxylic acid groups (broad SMARTS) is 3. The topological polar surface area (TPSA) is 158 Å². The Morgan fingerprint density at radius 2 is 1.40 bits per heavy atom. The quantitative estimate of drug-likeness (QED) is 0.0683. The van der Waals surface area contributed by atoms with E-state index in [1.165, 1.54) is 25.0 Å². The van der Waals surface area contributed by atoms with Crippen LogP contribution in [0, 0.1) is 17.7 Å². The lowest BCUT2D eigenvalue weighted by atomic mass is 9.87. The van der Waals surface area contributed by atoms with E-state index in [4.69, 9.17) is 0 Å². The van der Waals surface area contributed by atoms with Gasteiger partial charge in [0.15, 0.2) is 0 Å². The Hall–Kier alpha value is -4.34. The van der Waals surface area contributed by atoms with Crippen LogP contribution in [0.15, 0.2) is 60.7 Å². The predicted octanol–water partition coefficient (Wildman–Crippen LogP) is 7.22. The molecule has 0 spiro atoms. The first kappa shape index (κ1) is 38.8. The monoisotopic (exact) mass is 653 g/mol. The fourth-order valence-electron chi connectivity index (χ4n) is 5.41. The van der Waals surface area contributed by atoms with Crippen LogP contribution in [0.1, 0.15) is 96.0 Å². The molecule has 0 saturated carbocycles. The van der Waals surface area contributed by atoms with Crippen molar-refractivity contribution in [2.24, 2.45) is 11.8 Å². The van der Waals surface area contributed by atoms with Crippen LogP contribution in [0.2, 0.25) is 0 Å². The molecule has 256 valence electrons. The average molecular weight is 654 g/mol. The zero-order valence-electron chi connectivity index (χ0n) is 27.2. The Balaban J connectivity index is 1.97. The molecule has 0 saturated heterocycles. The van der Waals surface area contributed by atoms with Crippen molar-refractivity contribution < 1.29 is 43.7 Å². The third kappa shape index (κ3) is 14.7. The molecule has 0 unspecified atom stereocenters. The van der Waals surface area contributed by atoms with Crippen molar-refractivity contribution in [1.82, 2.24) is 5.32 Å². The SMILES string of the molecule is CCCCCCCC(=O)CCCCCC/C=C/[C@H](C(=O)N[C@@H](Cc1ccc(-c2ccccc2F)cc1)C(=O)O)[C@@H](CC(=O)O)C(=O)O. The highest BCUT2D eigenvalue weighted by Gasteiger charge is 2.35. The third-order valence-electron chi connectivity index (χ3n) is 8.12. The molecular formula is C37H48FNO8. The number of ketones is 1. The van der Waals surface area contributed by atoms with Crippen LogP contribution in [0.4, 0.5) is 4.39 Å². The van der Waals surface area contributed by atoms with E-state index in [-0.39, 0.29) is 12.2 Å². The molecule has 0 fully saturated rings. The summed E-state index contributed by atoms with van der Waals surface area (Å²) >= 11 is 0. The van der Waals surface area contributed by atoms with Crippen LogP contribution in [-0.2, 0) is 30.4 Å². The molecule has 3 atom stereocenters. The largest absolute Gasteiger partial charge is 0.481 e. The smallest absolute Gasteiger partial charge is 0.326 e. The Labute approximate surface area is 276 Å². The molecule has 0 bridgehead atoms. The molecule has 47 heavy (non-hydrogen) atoms. The van der Waals surface area contributed by atoms with Gasteiger partial charge >= 0.3 is 17.9 Å². The van der Waals surface area contributed by atoms with Crippen LogP contribution in [0.3, 0.4) is 0 Å². The highest BCUT2D eigenvalue weighted by Crippen LogP contribution is 2.24. The predicted molar refractivity (Wildman–Crippen MR) is 177 cm³/mol. The zero-order valence-corrected chi connectivity index (χ0v) is 27.2. The first-order chi connectivity index (χ1) is 22.5. The first-order valence-electron chi connectivity index (χ1n) is 16.5. The number of Topliss-reactive ketones (excluding diaryl/α,β-unsaturated/α-hetero) is 1. The number of amides is 1. The summed E-state index contributed by atoms with van der Waals surface area (Å²) in [4.78, 5) is 60.8. The van der Waals surface area contributed by atoms with Crippen molar-refractivity contribution in [2.45, 2.75) is 103 Å². The van der Waals surface area contributed by atoms with Gasteiger partial charge in [-0.25, -0.2) is 9.18 Å². The molecule has 10 heteroatoms. The van der Waals surface area contributed by atoms with E-state index in [1.54, 1.807) is 48.5 Å². The number of hydrogen-bond donors (Lipinski definition) is 4. The van der Waals surface area contributed by atoms with Gasteiger partial charge in [-0.05, 0) is 42.9 Å². The van der Waals surface area contributed by atoms with Gasteiger partial charge in [0.2, 0.25) is 5.91 Å². The van der Waals surface area contributed by atoms with Crippen LogP contribution in [0.25, 0.3) is 11.1 Å². The Morgan fingerprint density at radius 3 is 1.98 bits per heavy atom. The van der Waals surface area contributed by atoms with Crippen molar-refractivity contribution in [3.63, 3.8) is 0 Å². The number of hydrogen-bond acceptors (Lipinski definition) is 5. The molecule has 2 aromatic rings. The fraction of sp³-hybridized carbons (Fsp3) is 0.486. The molecule has 2 aromatic carbocycles. The Morgan fingerprint density at radius 1 is 0.787 bits per heavy atom. The van der Waals surface area contributed by atoms with Crippen molar-refractivity contribution in [2.75, 3.05) is 0 Å². The maximum absolute atomic E-state index is 14.2. The summed E-state index contributed by atoms with van der Waals surface area (Å²) in [6, 6.07) is 11.3. The molecule has 0 aliphatic carbocycles. The molecule has 0 aromatic heterocycles. The number of carbonyl (C=O) groups is 5. The highest BCUT2D eigenvalue weighted by molar-refractivity contribution is 5.91. The molecular weight excluding hydrogens is 605 g/mol. The van der Waals surface area contributed by atoms with Crippen LogP contribution in [-0.4, -0.2) is 51.0 Å². The van der Waals surface area contributed by atoms with Gasteiger partial charge in [-0.3, -0.25) is 19.2 Å². The summed E-state index contributed by atoms with van der Waals surface area (Å²) in [6.07, 6.45) is 12.5.